The number of carbonyl (C=O) groups excluding carboxylic acids is 4. The van der Waals surface area contributed by atoms with Gasteiger partial charge in [-0.1, -0.05) is 38.1 Å². The molecule has 254 valence electrons. The normalized spacial score (nSPS) is 18.4. The lowest BCUT2D eigenvalue weighted by Crippen LogP contribution is -2.55. The molecule has 1 aromatic heterocycles. The van der Waals surface area contributed by atoms with Gasteiger partial charge in [-0.05, 0) is 58.6 Å². The van der Waals surface area contributed by atoms with Crippen LogP contribution >= 0.6 is 11.3 Å². The highest BCUT2D eigenvalue weighted by atomic mass is 32.1. The predicted octanol–water partition coefficient (Wildman–Crippen LogP) is 3.37. The lowest BCUT2D eigenvalue weighted by Gasteiger charge is -2.35. The fraction of sp³-hybridized carbons (Fsp3) is 0.606. The molecule has 1 aromatic carbocycles. The number of rotatable bonds is 15. The fourth-order valence-corrected chi connectivity index (χ4v) is 5.92. The van der Waals surface area contributed by atoms with Crippen LogP contribution in [0.1, 0.15) is 71.7 Å². The monoisotopic (exact) mass is 659 g/mol. The van der Waals surface area contributed by atoms with Crippen LogP contribution in [0.15, 0.2) is 29.8 Å². The van der Waals surface area contributed by atoms with Gasteiger partial charge >= 0.3 is 6.09 Å². The number of aryl methyl sites for hydroxylation is 1. The third-order valence-corrected chi connectivity index (χ3v) is 8.76. The number of aldehydes is 1. The van der Waals surface area contributed by atoms with E-state index in [0.717, 1.165) is 28.0 Å². The van der Waals surface area contributed by atoms with E-state index in [-0.39, 0.29) is 44.7 Å². The van der Waals surface area contributed by atoms with Gasteiger partial charge in [0.05, 0.1) is 40.3 Å². The Hall–Kier alpha value is -3.39. The molecular weight excluding hydrogens is 610 g/mol. The van der Waals surface area contributed by atoms with Gasteiger partial charge in [0, 0.05) is 31.7 Å². The minimum atomic E-state index is -0.951. The Labute approximate surface area is 275 Å². The average Bonchev–Trinajstić information content (AvgIpc) is 3.58. The Morgan fingerprint density at radius 2 is 1.85 bits per heavy atom. The number of benzene rings is 1. The maximum absolute atomic E-state index is 13.5. The van der Waals surface area contributed by atoms with Crippen LogP contribution in [0.5, 0.6) is 0 Å². The number of alkyl carbamates (subject to hydrolysis) is 1. The first-order valence-corrected chi connectivity index (χ1v) is 16.5. The van der Waals surface area contributed by atoms with E-state index in [1.165, 1.54) is 0 Å². The Morgan fingerprint density at radius 1 is 1.15 bits per heavy atom. The topological polar surface area (TPSA) is 159 Å². The lowest BCUT2D eigenvalue weighted by atomic mass is 9.85. The van der Waals surface area contributed by atoms with Crippen molar-refractivity contribution in [3.8, 4) is 10.4 Å². The van der Waals surface area contributed by atoms with E-state index in [1.807, 2.05) is 48.5 Å². The van der Waals surface area contributed by atoms with Gasteiger partial charge in [0.1, 0.15) is 18.5 Å². The van der Waals surface area contributed by atoms with Gasteiger partial charge in [0.25, 0.3) is 0 Å². The van der Waals surface area contributed by atoms with Crippen LogP contribution in [0.4, 0.5) is 4.79 Å². The molecule has 3 rings (SSSR count). The molecule has 3 amide bonds. The van der Waals surface area contributed by atoms with E-state index in [9.17, 15) is 24.3 Å². The Morgan fingerprint density at radius 3 is 2.46 bits per heavy atom. The smallest absolute Gasteiger partial charge is 0.407 e. The second-order valence-electron chi connectivity index (χ2n) is 13.4. The number of nitrogens with zero attached hydrogens (tertiary/aromatic N) is 2. The number of carbonyl (C=O) groups is 4. The van der Waals surface area contributed by atoms with Crippen LogP contribution in [0, 0.1) is 12.3 Å². The summed E-state index contributed by atoms with van der Waals surface area (Å²) in [4.78, 5) is 57.3. The van der Waals surface area contributed by atoms with Crippen LogP contribution < -0.4 is 16.0 Å². The molecular formula is C33H49N5O7S. The van der Waals surface area contributed by atoms with Gasteiger partial charge in [0.15, 0.2) is 0 Å². The number of likely N-dealkylation sites (tertiary alicyclic amines) is 1. The zero-order valence-electron chi connectivity index (χ0n) is 27.9. The number of amides is 3. The fourth-order valence-electron chi connectivity index (χ4n) is 5.11. The molecule has 2 aromatic rings. The molecule has 13 heteroatoms. The summed E-state index contributed by atoms with van der Waals surface area (Å²) >= 11 is 1.58. The van der Waals surface area contributed by atoms with E-state index in [4.69, 9.17) is 9.47 Å². The van der Waals surface area contributed by atoms with Crippen molar-refractivity contribution in [1.82, 2.24) is 25.8 Å². The van der Waals surface area contributed by atoms with E-state index >= 15 is 0 Å². The highest BCUT2D eigenvalue weighted by Gasteiger charge is 2.41. The summed E-state index contributed by atoms with van der Waals surface area (Å²) in [5, 5.41) is 19.1. The average molecular weight is 660 g/mol. The van der Waals surface area contributed by atoms with Crippen molar-refractivity contribution in [1.29, 1.82) is 0 Å². The molecule has 46 heavy (non-hydrogen) atoms. The number of nitrogens with one attached hydrogen (secondary N) is 3. The van der Waals surface area contributed by atoms with Gasteiger partial charge in [-0.2, -0.15) is 0 Å². The summed E-state index contributed by atoms with van der Waals surface area (Å²) in [6, 6.07) is 6.45. The molecule has 0 radical (unpaired) electrons. The zero-order valence-corrected chi connectivity index (χ0v) is 28.7. The first-order valence-electron chi connectivity index (χ1n) is 15.6. The third kappa shape index (κ3) is 11.1. The number of thiazole rings is 1. The molecule has 12 nitrogen and oxygen atoms in total. The highest BCUT2D eigenvalue weighted by Crippen LogP contribution is 2.29. The lowest BCUT2D eigenvalue weighted by molar-refractivity contribution is -0.128. The van der Waals surface area contributed by atoms with E-state index in [2.05, 4.69) is 20.9 Å². The number of aliphatic hydroxyl groups excluding tert-OH is 1. The summed E-state index contributed by atoms with van der Waals surface area (Å²) in [5.41, 5.74) is 3.27. The maximum atomic E-state index is 13.5. The number of β-amino-alcohol motifs (C(OH)–C–C–N with tert-alkyl or cyclic N) is 1. The van der Waals surface area contributed by atoms with Gasteiger partial charge in [-0.15, -0.1) is 11.3 Å². The van der Waals surface area contributed by atoms with E-state index < -0.39 is 41.2 Å². The molecule has 2 heterocycles. The minimum Gasteiger partial charge on any atom is -0.444 e. The van der Waals surface area contributed by atoms with Crippen molar-refractivity contribution in [3.05, 3.63) is 41.0 Å². The predicted molar refractivity (Wildman–Crippen MR) is 176 cm³/mol. The minimum absolute atomic E-state index is 0.184. The zero-order chi connectivity index (χ0) is 34.1. The van der Waals surface area contributed by atoms with Crippen molar-refractivity contribution >= 4 is 35.5 Å². The molecule has 0 aliphatic carbocycles. The molecule has 0 saturated carbocycles. The molecule has 4 atom stereocenters. The quantitative estimate of drug-likeness (QED) is 0.166. The largest absolute Gasteiger partial charge is 0.444 e. The summed E-state index contributed by atoms with van der Waals surface area (Å²) in [7, 11) is 0. The molecule has 0 spiro atoms. The number of hydrogen-bond donors (Lipinski definition) is 4. The summed E-state index contributed by atoms with van der Waals surface area (Å²) in [5.74, 6) is -0.643. The SMILES string of the molecule is Cc1ncsc1-c1ccc([C@H](C)NC(=O)[C@@H]2C[C@@H](O)CN2C[C@@H](NC(=O)COCCCNC(=O)OC(C)(C)C)C(C)(C)C=O)cc1. The first-order chi connectivity index (χ1) is 21.6. The number of ether oxygens (including phenoxy) is 2. The molecule has 4 N–H and O–H groups in total. The van der Waals surface area contributed by atoms with Crippen LogP contribution in [0.3, 0.4) is 0 Å². The standard InChI is InChI=1S/C33H49N5O7S/c1-21(23-9-11-24(12-10-23)29-22(2)35-20-46-29)36-30(42)26-15-25(40)16-38(26)17-27(33(6,7)19-39)37-28(41)18-44-14-8-13-34-31(43)45-32(3,4)5/h9-12,19-21,25-27,40H,8,13-18H2,1-7H3,(H,34,43)(H,36,42)(H,37,41)/t21-,25+,26-,27+/m0/s1. The molecule has 0 bridgehead atoms. The molecule has 1 aliphatic rings. The maximum Gasteiger partial charge on any atom is 0.407 e. The Bertz CT molecular complexity index is 1320. The third-order valence-electron chi connectivity index (χ3n) is 7.78. The Balaban J connectivity index is 1.53. The van der Waals surface area contributed by atoms with Crippen LogP contribution in [-0.2, 0) is 23.9 Å². The highest BCUT2D eigenvalue weighted by molar-refractivity contribution is 7.13. The van der Waals surface area contributed by atoms with Gasteiger partial charge < -0.3 is 35.3 Å². The van der Waals surface area contributed by atoms with Crippen molar-refractivity contribution in [2.75, 3.05) is 32.8 Å². The Kier molecular flexibility index (Phi) is 13.2. The molecule has 1 aliphatic heterocycles. The van der Waals surface area contributed by atoms with E-state index in [1.54, 1.807) is 46.0 Å². The summed E-state index contributed by atoms with van der Waals surface area (Å²) < 4.78 is 10.7. The van der Waals surface area contributed by atoms with Gasteiger partial charge in [-0.25, -0.2) is 9.78 Å². The number of hydrogen-bond acceptors (Lipinski definition) is 10. The summed E-state index contributed by atoms with van der Waals surface area (Å²) in [6.07, 6.45) is 0.259. The second kappa shape index (κ2) is 16.4. The van der Waals surface area contributed by atoms with Crippen LogP contribution in [0.2, 0.25) is 0 Å². The van der Waals surface area contributed by atoms with Gasteiger partial charge in [-0.3, -0.25) is 14.5 Å². The first kappa shape index (κ1) is 37.1. The van der Waals surface area contributed by atoms with Crippen molar-refractivity contribution in [2.24, 2.45) is 5.41 Å². The molecule has 1 saturated heterocycles. The van der Waals surface area contributed by atoms with Crippen molar-refractivity contribution in [2.45, 2.75) is 91.1 Å². The van der Waals surface area contributed by atoms with E-state index in [0.29, 0.717) is 13.0 Å². The number of aromatic nitrogens is 1. The van der Waals surface area contributed by atoms with Crippen molar-refractivity contribution < 1.29 is 33.8 Å². The second-order valence-corrected chi connectivity index (χ2v) is 14.2. The summed E-state index contributed by atoms with van der Waals surface area (Å²) in [6.45, 7) is 13.4. The molecule has 1 fully saturated rings. The van der Waals surface area contributed by atoms with Crippen LogP contribution in [0.25, 0.3) is 10.4 Å². The van der Waals surface area contributed by atoms with Gasteiger partial charge in [0.2, 0.25) is 11.8 Å². The van der Waals surface area contributed by atoms with Crippen LogP contribution in [-0.4, -0.2) is 95.8 Å². The molecule has 0 unspecified atom stereocenters. The van der Waals surface area contributed by atoms with Crippen molar-refractivity contribution in [3.63, 3.8) is 0 Å². The number of aliphatic hydroxyl groups is 1.